The highest BCUT2D eigenvalue weighted by atomic mass is 127. The molecule has 0 spiro atoms. The van der Waals surface area contributed by atoms with Gasteiger partial charge >= 0.3 is 5.97 Å². The number of halogens is 2. The third-order valence-corrected chi connectivity index (χ3v) is 3.17. The Hall–Kier alpha value is -1.25. The number of carboxylic acid groups (broad SMARTS) is 1. The first-order valence-electron chi connectivity index (χ1n) is 4.74. The molecule has 0 radical (unpaired) electrons. The van der Waals surface area contributed by atoms with Gasteiger partial charge < -0.3 is 5.11 Å². The Balaban J connectivity index is 3.44. The summed E-state index contributed by atoms with van der Waals surface area (Å²) in [6.45, 7) is 1.58. The van der Waals surface area contributed by atoms with Crippen molar-refractivity contribution in [2.75, 3.05) is 0 Å². The zero-order valence-corrected chi connectivity index (χ0v) is 11.0. The largest absolute Gasteiger partial charge is 0.481 e. The van der Waals surface area contributed by atoms with Crippen LogP contribution in [0.2, 0.25) is 0 Å². The van der Waals surface area contributed by atoms with Crippen LogP contribution >= 0.6 is 22.6 Å². The summed E-state index contributed by atoms with van der Waals surface area (Å²) in [6.07, 6.45) is 0.163. The highest BCUT2D eigenvalue weighted by molar-refractivity contribution is 14.1. The average molecular weight is 353 g/mol. The topological polar surface area (TPSA) is 80.4 Å². The molecule has 0 aliphatic rings. The van der Waals surface area contributed by atoms with E-state index in [2.05, 4.69) is 0 Å². The average Bonchev–Trinajstić information content (AvgIpc) is 2.22. The van der Waals surface area contributed by atoms with Crippen molar-refractivity contribution < 1.29 is 19.2 Å². The Morgan fingerprint density at radius 3 is 2.65 bits per heavy atom. The van der Waals surface area contributed by atoms with Crippen molar-refractivity contribution in [2.24, 2.45) is 0 Å². The maximum Gasteiger partial charge on any atom is 0.311 e. The third-order valence-electron chi connectivity index (χ3n) is 2.35. The molecule has 1 unspecified atom stereocenters. The van der Waals surface area contributed by atoms with E-state index in [9.17, 15) is 19.3 Å². The minimum atomic E-state index is -1.20. The molecule has 1 N–H and O–H groups in total. The van der Waals surface area contributed by atoms with Crippen molar-refractivity contribution in [3.05, 3.63) is 37.2 Å². The third kappa shape index (κ3) is 2.90. The molecule has 0 bridgehead atoms. The van der Waals surface area contributed by atoms with Gasteiger partial charge in [-0.25, -0.2) is 4.39 Å². The van der Waals surface area contributed by atoms with Crippen LogP contribution in [0.5, 0.6) is 0 Å². The first kappa shape index (κ1) is 13.8. The van der Waals surface area contributed by atoms with Gasteiger partial charge in [0.25, 0.3) is 5.69 Å². The van der Waals surface area contributed by atoms with Gasteiger partial charge in [-0.15, -0.1) is 0 Å². The van der Waals surface area contributed by atoms with Crippen LogP contribution in [0.4, 0.5) is 10.1 Å². The molecule has 0 aromatic heterocycles. The minimum absolute atomic E-state index is 0.0945. The van der Waals surface area contributed by atoms with E-state index < -0.39 is 22.6 Å². The van der Waals surface area contributed by atoms with Gasteiger partial charge in [0.05, 0.1) is 14.4 Å². The van der Waals surface area contributed by atoms with E-state index in [0.717, 1.165) is 12.1 Å². The highest BCUT2D eigenvalue weighted by Crippen LogP contribution is 2.32. The van der Waals surface area contributed by atoms with E-state index in [4.69, 9.17) is 5.11 Å². The van der Waals surface area contributed by atoms with Gasteiger partial charge in [0.15, 0.2) is 0 Å². The summed E-state index contributed by atoms with van der Waals surface area (Å²) in [7, 11) is 0. The molecular weight excluding hydrogens is 344 g/mol. The number of nitro groups is 1. The van der Waals surface area contributed by atoms with Gasteiger partial charge in [0.2, 0.25) is 0 Å². The van der Waals surface area contributed by atoms with Crippen molar-refractivity contribution in [1.29, 1.82) is 0 Å². The van der Waals surface area contributed by atoms with Gasteiger partial charge in [-0.05, 0) is 35.1 Å². The van der Waals surface area contributed by atoms with Crippen LogP contribution in [0.25, 0.3) is 0 Å². The predicted molar refractivity (Wildman–Crippen MR) is 66.4 cm³/mol. The van der Waals surface area contributed by atoms with Crippen molar-refractivity contribution in [3.63, 3.8) is 0 Å². The summed E-state index contributed by atoms with van der Waals surface area (Å²) in [4.78, 5) is 21.1. The monoisotopic (exact) mass is 353 g/mol. The van der Waals surface area contributed by atoms with Crippen LogP contribution in [-0.2, 0) is 4.79 Å². The molecule has 1 aromatic carbocycles. The van der Waals surface area contributed by atoms with E-state index in [-0.39, 0.29) is 21.2 Å². The Morgan fingerprint density at radius 2 is 2.24 bits per heavy atom. The van der Waals surface area contributed by atoms with E-state index in [1.54, 1.807) is 29.5 Å². The number of benzene rings is 1. The Labute approximate surface area is 110 Å². The molecule has 0 saturated carbocycles. The fourth-order valence-electron chi connectivity index (χ4n) is 1.52. The standard InChI is InChI=1S/C10H9FINO4/c1-2-5(10(14)15)6-3-7(11)8(12)4-9(6)13(16)17/h3-5H,2H2,1H3,(H,14,15). The molecule has 17 heavy (non-hydrogen) atoms. The quantitative estimate of drug-likeness (QED) is 0.513. The van der Waals surface area contributed by atoms with Gasteiger partial charge in [-0.2, -0.15) is 0 Å². The number of hydrogen-bond donors (Lipinski definition) is 1. The molecular formula is C10H9FINO4. The van der Waals surface area contributed by atoms with Crippen molar-refractivity contribution >= 4 is 34.2 Å². The summed E-state index contributed by atoms with van der Waals surface area (Å²) in [6, 6.07) is 1.99. The van der Waals surface area contributed by atoms with Crippen LogP contribution in [0.1, 0.15) is 24.8 Å². The van der Waals surface area contributed by atoms with Crippen molar-refractivity contribution in [1.82, 2.24) is 0 Å². The van der Waals surface area contributed by atoms with Gasteiger partial charge in [0, 0.05) is 11.6 Å². The number of rotatable bonds is 4. The summed E-state index contributed by atoms with van der Waals surface area (Å²) >= 11 is 1.63. The molecule has 0 fully saturated rings. The van der Waals surface area contributed by atoms with Crippen LogP contribution < -0.4 is 0 Å². The summed E-state index contributed by atoms with van der Waals surface area (Å²) in [5, 5.41) is 19.8. The second-order valence-corrected chi connectivity index (χ2v) is 4.54. The molecule has 0 amide bonds. The first-order chi connectivity index (χ1) is 7.88. The smallest absolute Gasteiger partial charge is 0.311 e. The first-order valence-corrected chi connectivity index (χ1v) is 5.82. The van der Waals surface area contributed by atoms with Crippen molar-refractivity contribution in [3.8, 4) is 0 Å². The number of aliphatic carboxylic acids is 1. The van der Waals surface area contributed by atoms with Crippen molar-refractivity contribution in [2.45, 2.75) is 19.3 Å². The molecule has 0 heterocycles. The lowest BCUT2D eigenvalue weighted by atomic mass is 9.95. The lowest BCUT2D eigenvalue weighted by Crippen LogP contribution is -2.13. The molecule has 7 heteroatoms. The summed E-state index contributed by atoms with van der Waals surface area (Å²) < 4.78 is 13.5. The number of carboxylic acids is 1. The lowest BCUT2D eigenvalue weighted by molar-refractivity contribution is -0.385. The van der Waals surface area contributed by atoms with Gasteiger partial charge in [-0.3, -0.25) is 14.9 Å². The van der Waals surface area contributed by atoms with Gasteiger partial charge in [-0.1, -0.05) is 6.92 Å². The second kappa shape index (κ2) is 5.39. The fraction of sp³-hybridized carbons (Fsp3) is 0.300. The normalized spacial score (nSPS) is 12.2. The molecule has 0 aliphatic heterocycles. The number of nitrogens with zero attached hydrogens (tertiary/aromatic N) is 1. The fourth-order valence-corrected chi connectivity index (χ4v) is 1.97. The van der Waals surface area contributed by atoms with E-state index in [1.807, 2.05) is 0 Å². The zero-order chi connectivity index (χ0) is 13.2. The van der Waals surface area contributed by atoms with Crippen LogP contribution in [0.3, 0.4) is 0 Å². The van der Waals surface area contributed by atoms with Crippen LogP contribution in [0, 0.1) is 19.5 Å². The minimum Gasteiger partial charge on any atom is -0.481 e. The SMILES string of the molecule is CCC(C(=O)O)c1cc(F)c(I)cc1[N+](=O)[O-]. The van der Waals surface area contributed by atoms with Crippen LogP contribution in [0.15, 0.2) is 12.1 Å². The van der Waals surface area contributed by atoms with E-state index in [1.165, 1.54) is 0 Å². The molecule has 92 valence electrons. The molecule has 1 rings (SSSR count). The highest BCUT2D eigenvalue weighted by Gasteiger charge is 2.28. The number of hydrogen-bond acceptors (Lipinski definition) is 3. The number of carbonyl (C=O) groups is 1. The zero-order valence-electron chi connectivity index (χ0n) is 8.81. The molecule has 0 aliphatic carbocycles. The Bertz CT molecular complexity index is 478. The van der Waals surface area contributed by atoms with E-state index in [0.29, 0.717) is 0 Å². The Morgan fingerprint density at radius 1 is 1.65 bits per heavy atom. The summed E-state index contributed by atoms with van der Waals surface area (Å²) in [5.41, 5.74) is -0.451. The number of nitro benzene ring substituents is 1. The summed E-state index contributed by atoms with van der Waals surface area (Å²) in [5.74, 6) is -2.91. The van der Waals surface area contributed by atoms with E-state index >= 15 is 0 Å². The lowest BCUT2D eigenvalue weighted by Gasteiger charge is -2.11. The predicted octanol–water partition coefficient (Wildman–Crippen LogP) is 2.92. The Kier molecular flexibility index (Phi) is 4.38. The molecule has 5 nitrogen and oxygen atoms in total. The maximum atomic E-state index is 13.4. The van der Waals surface area contributed by atoms with Crippen LogP contribution in [-0.4, -0.2) is 16.0 Å². The molecule has 1 atom stereocenters. The van der Waals surface area contributed by atoms with Gasteiger partial charge in [0.1, 0.15) is 5.82 Å². The maximum absolute atomic E-state index is 13.4. The molecule has 0 saturated heterocycles. The molecule has 1 aromatic rings. The second-order valence-electron chi connectivity index (χ2n) is 3.38.